The van der Waals surface area contributed by atoms with Crippen LogP contribution >= 0.6 is 0 Å². The molecule has 8 rings (SSSR count). The van der Waals surface area contributed by atoms with E-state index in [1.165, 1.54) is 45.0 Å². The first-order chi connectivity index (χ1) is 25.4. The summed E-state index contributed by atoms with van der Waals surface area (Å²) in [5, 5.41) is 8.39. The van der Waals surface area contributed by atoms with Crippen LogP contribution in [0, 0.1) is 11.6 Å². The number of pyridine rings is 1. The molecule has 13 nitrogen and oxygen atoms in total. The van der Waals surface area contributed by atoms with Crippen molar-refractivity contribution in [2.45, 2.75) is 25.0 Å². The van der Waals surface area contributed by atoms with E-state index >= 15 is 0 Å². The Morgan fingerprint density at radius 3 is 2.38 bits per heavy atom. The average Bonchev–Trinajstić information content (AvgIpc) is 3.93. The third-order valence-corrected chi connectivity index (χ3v) is 9.20. The zero-order chi connectivity index (χ0) is 35.5. The van der Waals surface area contributed by atoms with Crippen molar-refractivity contribution in [2.24, 2.45) is 0 Å². The number of aromatic nitrogens is 7. The lowest BCUT2D eigenvalue weighted by atomic mass is 10.0. The second-order valence-electron chi connectivity index (χ2n) is 12.6. The van der Waals surface area contributed by atoms with Crippen molar-refractivity contribution in [1.29, 1.82) is 0 Å². The molecule has 2 aliphatic rings. The third kappa shape index (κ3) is 7.00. The summed E-state index contributed by atoms with van der Waals surface area (Å²) < 4.78 is 51.3. The van der Waals surface area contributed by atoms with Crippen molar-refractivity contribution < 1.29 is 23.0 Å². The molecule has 0 bridgehead atoms. The van der Waals surface area contributed by atoms with Crippen LogP contribution in [-0.4, -0.2) is 79.6 Å². The predicted molar refractivity (Wildman–Crippen MR) is 186 cm³/mol. The lowest BCUT2D eigenvalue weighted by Gasteiger charge is -2.36. The molecule has 266 valence electrons. The summed E-state index contributed by atoms with van der Waals surface area (Å²) in [6.45, 7) is 3.90. The van der Waals surface area contributed by atoms with Gasteiger partial charge in [-0.3, -0.25) is 0 Å². The Kier molecular flexibility index (Phi) is 9.18. The molecule has 2 saturated heterocycles. The highest BCUT2D eigenvalue weighted by Gasteiger charge is 2.46. The van der Waals surface area contributed by atoms with Crippen LogP contribution in [0.25, 0.3) is 5.69 Å². The number of hydrogen-bond donors (Lipinski definition) is 0. The number of anilines is 2. The fourth-order valence-corrected chi connectivity index (χ4v) is 6.51. The molecule has 5 heterocycles. The molecule has 3 aromatic heterocycles. The maximum Gasteiger partial charge on any atom is 0.350 e. The van der Waals surface area contributed by atoms with Crippen LogP contribution in [0.1, 0.15) is 11.1 Å². The Morgan fingerprint density at radius 2 is 1.65 bits per heavy atom. The molecule has 0 radical (unpaired) electrons. The summed E-state index contributed by atoms with van der Waals surface area (Å²) in [4.78, 5) is 26.1. The predicted octanol–water partition coefficient (Wildman–Crippen LogP) is 4.02. The Hall–Kier alpha value is -5.93. The van der Waals surface area contributed by atoms with Gasteiger partial charge in [0.2, 0.25) is 5.79 Å². The molecule has 0 amide bonds. The summed E-state index contributed by atoms with van der Waals surface area (Å²) in [6, 6.07) is 24.7. The van der Waals surface area contributed by atoms with Crippen LogP contribution < -0.4 is 20.2 Å². The average molecular weight is 708 g/mol. The van der Waals surface area contributed by atoms with Crippen LogP contribution in [0.5, 0.6) is 5.75 Å². The van der Waals surface area contributed by atoms with Gasteiger partial charge >= 0.3 is 5.69 Å². The highest BCUT2D eigenvalue weighted by atomic mass is 19.1. The van der Waals surface area contributed by atoms with Gasteiger partial charge in [-0.25, -0.2) is 37.5 Å². The topological polar surface area (TPSA) is 118 Å². The van der Waals surface area contributed by atoms with Gasteiger partial charge < -0.3 is 24.0 Å². The SMILES string of the molecule is O=c1n(-c2ccc(N3CCN(c4ccc(OC[C@H]5CO[C@](Cn6cncn6)(c6ccc(F)cc6F)O5)cc4)CC3)nc2)cnn1Cc1ccccc1. The molecule has 2 aliphatic heterocycles. The molecule has 0 aliphatic carbocycles. The van der Waals surface area contributed by atoms with Gasteiger partial charge in [-0.2, -0.15) is 10.2 Å². The number of hydrogen-bond acceptors (Lipinski definition) is 10. The molecule has 2 fully saturated rings. The number of halogens is 2. The first-order valence-electron chi connectivity index (χ1n) is 16.9. The van der Waals surface area contributed by atoms with Gasteiger partial charge in [-0.15, -0.1) is 0 Å². The van der Waals surface area contributed by atoms with E-state index in [4.69, 9.17) is 14.2 Å². The molecule has 0 N–H and O–H groups in total. The smallest absolute Gasteiger partial charge is 0.350 e. The van der Waals surface area contributed by atoms with E-state index in [0.29, 0.717) is 18.0 Å². The minimum absolute atomic E-state index is 0.0265. The monoisotopic (exact) mass is 707 g/mol. The molecule has 0 saturated carbocycles. The van der Waals surface area contributed by atoms with E-state index in [0.717, 1.165) is 49.3 Å². The van der Waals surface area contributed by atoms with Crippen molar-refractivity contribution in [1.82, 2.24) is 34.1 Å². The molecule has 3 aromatic carbocycles. The number of ether oxygens (including phenoxy) is 3. The quantitative estimate of drug-likeness (QED) is 0.196. The molecule has 0 spiro atoms. The molecule has 6 aromatic rings. The van der Waals surface area contributed by atoms with Gasteiger partial charge in [0.25, 0.3) is 0 Å². The van der Waals surface area contributed by atoms with Gasteiger partial charge in [0, 0.05) is 43.5 Å². The van der Waals surface area contributed by atoms with Crippen LogP contribution in [-0.2, 0) is 28.4 Å². The number of benzene rings is 3. The van der Waals surface area contributed by atoms with Gasteiger partial charge in [0.05, 0.1) is 25.0 Å². The Morgan fingerprint density at radius 1 is 0.865 bits per heavy atom. The van der Waals surface area contributed by atoms with E-state index in [1.54, 1.807) is 6.20 Å². The summed E-state index contributed by atoms with van der Waals surface area (Å²) >= 11 is 0. The van der Waals surface area contributed by atoms with Crippen molar-refractivity contribution in [3.05, 3.63) is 143 Å². The minimum atomic E-state index is -1.52. The van der Waals surface area contributed by atoms with Crippen LogP contribution in [0.15, 0.2) is 115 Å². The molecule has 0 unspecified atom stereocenters. The third-order valence-electron chi connectivity index (χ3n) is 9.20. The number of nitrogens with zero attached hydrogens (tertiary/aromatic N) is 9. The second-order valence-corrected chi connectivity index (χ2v) is 12.6. The van der Waals surface area contributed by atoms with Crippen molar-refractivity contribution in [2.75, 3.05) is 49.2 Å². The Labute approximate surface area is 297 Å². The second kappa shape index (κ2) is 14.4. The van der Waals surface area contributed by atoms with Crippen LogP contribution in [0.2, 0.25) is 0 Å². The summed E-state index contributed by atoms with van der Waals surface area (Å²) in [5.41, 5.74) is 2.59. The van der Waals surface area contributed by atoms with Crippen molar-refractivity contribution in [3.8, 4) is 11.4 Å². The van der Waals surface area contributed by atoms with E-state index in [-0.39, 0.29) is 31.0 Å². The Balaban J connectivity index is 0.840. The van der Waals surface area contributed by atoms with E-state index < -0.39 is 23.5 Å². The standard InChI is InChI=1S/C37H35F2N9O4/c38-28-6-12-33(34(39)18-28)37(23-46-25-40-24-42-46)51-22-32(52-37)21-50-31-10-7-29(8-11-31)44-14-16-45(17-15-44)35-13-9-30(19-41-35)47-26-43-48(36(47)49)20-27-4-2-1-3-5-27/h1-13,18-19,24-26,32H,14-17,20-23H2/t32-,37-/m0/s1. The van der Waals surface area contributed by atoms with Crippen LogP contribution in [0.4, 0.5) is 20.3 Å². The zero-order valence-corrected chi connectivity index (χ0v) is 28.0. The van der Waals surface area contributed by atoms with E-state index in [2.05, 4.69) is 30.0 Å². The zero-order valence-electron chi connectivity index (χ0n) is 28.0. The first kappa shape index (κ1) is 33.2. The number of piperazine rings is 1. The fraction of sp³-hybridized carbons (Fsp3) is 0.270. The summed E-state index contributed by atoms with van der Waals surface area (Å²) in [7, 11) is 0. The Bertz CT molecular complexity index is 2150. The van der Waals surface area contributed by atoms with Crippen molar-refractivity contribution in [3.63, 3.8) is 0 Å². The largest absolute Gasteiger partial charge is 0.491 e. The highest BCUT2D eigenvalue weighted by molar-refractivity contribution is 5.52. The normalized spacial score (nSPS) is 18.9. The maximum atomic E-state index is 14.9. The summed E-state index contributed by atoms with van der Waals surface area (Å²) in [5.74, 6) is -1.48. The van der Waals surface area contributed by atoms with Gasteiger partial charge in [0.1, 0.15) is 61.4 Å². The van der Waals surface area contributed by atoms with Gasteiger partial charge in [0.15, 0.2) is 0 Å². The number of rotatable bonds is 11. The van der Waals surface area contributed by atoms with Crippen LogP contribution in [0.3, 0.4) is 0 Å². The van der Waals surface area contributed by atoms with E-state index in [1.807, 2.05) is 66.7 Å². The molecule has 15 heteroatoms. The fourth-order valence-electron chi connectivity index (χ4n) is 6.51. The molecule has 52 heavy (non-hydrogen) atoms. The highest BCUT2D eigenvalue weighted by Crippen LogP contribution is 2.38. The lowest BCUT2D eigenvalue weighted by Crippen LogP contribution is -2.46. The lowest BCUT2D eigenvalue weighted by molar-refractivity contribution is -0.192. The molecular weight excluding hydrogens is 672 g/mol. The first-order valence-corrected chi connectivity index (χ1v) is 16.9. The molecule has 2 atom stereocenters. The minimum Gasteiger partial charge on any atom is -0.491 e. The van der Waals surface area contributed by atoms with E-state index in [9.17, 15) is 13.6 Å². The summed E-state index contributed by atoms with van der Waals surface area (Å²) in [6.07, 6.45) is 5.56. The molecular formula is C37H35F2N9O4. The van der Waals surface area contributed by atoms with Crippen molar-refractivity contribution >= 4 is 11.5 Å². The van der Waals surface area contributed by atoms with Gasteiger partial charge in [-0.1, -0.05) is 30.3 Å². The van der Waals surface area contributed by atoms with Gasteiger partial charge in [-0.05, 0) is 54.1 Å². The maximum absolute atomic E-state index is 14.9.